The molecule has 7 nitrogen and oxygen atoms in total. The van der Waals surface area contributed by atoms with Crippen molar-refractivity contribution in [2.24, 2.45) is 0 Å². The van der Waals surface area contributed by atoms with Gasteiger partial charge in [0.15, 0.2) is 0 Å². The zero-order valence-electron chi connectivity index (χ0n) is 7.78. The molecule has 0 aliphatic heterocycles. The normalized spacial score (nSPS) is 7.57. The average molecular weight is 250 g/mol. The first-order valence-electron chi connectivity index (χ1n) is 3.69. The molecule has 0 aromatic heterocycles. The SMILES string of the molecule is CCCCCO.O=[P+](O)O.O=[P+](O)O. The quantitative estimate of drug-likeness (QED) is 0.362. The second-order valence-corrected chi connectivity index (χ2v) is 2.95. The van der Waals surface area contributed by atoms with Gasteiger partial charge in [-0.3, -0.25) is 0 Å². The Hall–Kier alpha value is -0.0000000000000000416. The summed E-state index contributed by atoms with van der Waals surface area (Å²) in [5.74, 6) is 0. The fourth-order valence-electron chi connectivity index (χ4n) is 0.362. The van der Waals surface area contributed by atoms with Crippen LogP contribution in [0.4, 0.5) is 0 Å². The Balaban J connectivity index is -0.000000135. The molecule has 0 fully saturated rings. The Morgan fingerprint density at radius 2 is 1.21 bits per heavy atom. The third-order valence-electron chi connectivity index (χ3n) is 0.762. The summed E-state index contributed by atoms with van der Waals surface area (Å²) in [4.78, 5) is 28.5. The van der Waals surface area contributed by atoms with Crippen LogP contribution in [-0.2, 0) is 9.13 Å². The van der Waals surface area contributed by atoms with Crippen molar-refractivity contribution in [1.82, 2.24) is 0 Å². The third kappa shape index (κ3) is 161. The van der Waals surface area contributed by atoms with Gasteiger partial charge in [0.05, 0.1) is 0 Å². The van der Waals surface area contributed by atoms with Crippen molar-refractivity contribution in [3.05, 3.63) is 0 Å². The predicted octanol–water partition coefficient (Wildman–Crippen LogP) is 0.426. The average Bonchev–Trinajstić information content (AvgIpc) is 1.98. The fourth-order valence-corrected chi connectivity index (χ4v) is 0.362. The molecule has 0 unspecified atom stereocenters. The molecule has 9 heteroatoms. The van der Waals surface area contributed by atoms with Gasteiger partial charge < -0.3 is 5.11 Å². The van der Waals surface area contributed by atoms with E-state index in [1.165, 1.54) is 6.42 Å². The summed E-state index contributed by atoms with van der Waals surface area (Å²) >= 11 is 0. The summed E-state index contributed by atoms with van der Waals surface area (Å²) < 4.78 is 17.4. The molecule has 0 rings (SSSR count). The zero-order valence-corrected chi connectivity index (χ0v) is 9.56. The first kappa shape index (κ1) is 19.6. The van der Waals surface area contributed by atoms with Crippen LogP contribution >= 0.6 is 16.5 Å². The van der Waals surface area contributed by atoms with E-state index in [-0.39, 0.29) is 0 Å². The van der Waals surface area contributed by atoms with Gasteiger partial charge in [0.2, 0.25) is 0 Å². The highest BCUT2D eigenvalue weighted by atomic mass is 31.1. The second-order valence-electron chi connectivity index (χ2n) is 1.94. The van der Waals surface area contributed by atoms with Gasteiger partial charge in [0, 0.05) is 15.7 Å². The highest BCUT2D eigenvalue weighted by molar-refractivity contribution is 7.31. The maximum absolute atomic E-state index is 8.70. The zero-order chi connectivity index (χ0) is 12.0. The van der Waals surface area contributed by atoms with Gasteiger partial charge in [-0.15, -0.1) is 19.6 Å². The highest BCUT2D eigenvalue weighted by Crippen LogP contribution is 1.98. The largest absolute Gasteiger partial charge is 0.692 e. The van der Waals surface area contributed by atoms with Crippen LogP contribution in [0.1, 0.15) is 26.2 Å². The Morgan fingerprint density at radius 3 is 1.29 bits per heavy atom. The summed E-state index contributed by atoms with van der Waals surface area (Å²) in [5.41, 5.74) is 0. The molecule has 0 aromatic rings. The standard InChI is InChI=1S/C5H12O.2HO3P/c1-2-3-4-5-6;2*1-4(2)3/h6H,2-5H2,1H3;2*(H-,1,2,3)/p+2. The minimum atomic E-state index is -2.87. The Bertz CT molecular complexity index is 116. The van der Waals surface area contributed by atoms with Crippen molar-refractivity contribution in [2.75, 3.05) is 6.61 Å². The third-order valence-corrected chi connectivity index (χ3v) is 0.762. The summed E-state index contributed by atoms with van der Waals surface area (Å²) in [5, 5.41) is 8.20. The van der Waals surface area contributed by atoms with Gasteiger partial charge in [0.1, 0.15) is 0 Å². The number of unbranched alkanes of at least 4 members (excludes halogenated alkanes) is 2. The van der Waals surface area contributed by atoms with Gasteiger partial charge in [-0.25, -0.2) is 0 Å². The van der Waals surface area contributed by atoms with E-state index in [0.717, 1.165) is 12.8 Å². The molecule has 0 spiro atoms. The van der Waals surface area contributed by atoms with Crippen LogP contribution in [0, 0.1) is 0 Å². The van der Waals surface area contributed by atoms with Crippen molar-refractivity contribution in [3.8, 4) is 0 Å². The molecule has 5 N–H and O–H groups in total. The number of aliphatic hydroxyl groups is 1. The molecule has 0 heterocycles. The summed E-state index contributed by atoms with van der Waals surface area (Å²) in [6, 6.07) is 0. The van der Waals surface area contributed by atoms with E-state index in [1.54, 1.807) is 0 Å². The lowest BCUT2D eigenvalue weighted by Crippen LogP contribution is -1.78. The van der Waals surface area contributed by atoms with Crippen molar-refractivity contribution in [3.63, 3.8) is 0 Å². The molecule has 0 amide bonds. The van der Waals surface area contributed by atoms with Gasteiger partial charge in [-0.05, 0) is 6.42 Å². The lowest BCUT2D eigenvalue weighted by atomic mass is 10.3. The predicted molar refractivity (Wildman–Crippen MR) is 50.7 cm³/mol. The summed E-state index contributed by atoms with van der Waals surface area (Å²) in [7, 11) is -5.74. The Labute approximate surface area is 83.9 Å². The van der Waals surface area contributed by atoms with Crippen LogP contribution in [0.25, 0.3) is 0 Å². The molecular formula is C5H16O7P2+2. The molecule has 0 saturated heterocycles. The van der Waals surface area contributed by atoms with E-state index < -0.39 is 16.5 Å². The minimum absolute atomic E-state index is 0.355. The molecule has 0 aliphatic carbocycles. The number of hydrogen-bond acceptors (Lipinski definition) is 3. The van der Waals surface area contributed by atoms with E-state index >= 15 is 0 Å². The Kier molecular flexibility index (Phi) is 26.1. The fraction of sp³-hybridized carbons (Fsp3) is 1.00. The first-order valence-corrected chi connectivity index (χ1v) is 6.02. The van der Waals surface area contributed by atoms with Gasteiger partial charge in [-0.1, -0.05) is 19.8 Å². The minimum Gasteiger partial charge on any atom is -0.396 e. The molecule has 0 aromatic carbocycles. The van der Waals surface area contributed by atoms with Crippen LogP contribution in [0.15, 0.2) is 0 Å². The molecule has 0 atom stereocenters. The monoisotopic (exact) mass is 250 g/mol. The summed E-state index contributed by atoms with van der Waals surface area (Å²) in [6.45, 7) is 2.48. The highest BCUT2D eigenvalue weighted by Gasteiger charge is 1.93. The number of aliphatic hydroxyl groups excluding tert-OH is 1. The van der Waals surface area contributed by atoms with Gasteiger partial charge in [-0.2, -0.15) is 0 Å². The van der Waals surface area contributed by atoms with Crippen LogP contribution in [-0.4, -0.2) is 31.3 Å². The molecular weight excluding hydrogens is 234 g/mol. The smallest absolute Gasteiger partial charge is 0.396 e. The van der Waals surface area contributed by atoms with Gasteiger partial charge in [0.25, 0.3) is 0 Å². The van der Waals surface area contributed by atoms with E-state index in [1.807, 2.05) is 0 Å². The van der Waals surface area contributed by atoms with Crippen LogP contribution in [0.5, 0.6) is 0 Å². The van der Waals surface area contributed by atoms with Crippen LogP contribution in [0.2, 0.25) is 0 Å². The maximum Gasteiger partial charge on any atom is 0.692 e. The molecule has 0 aliphatic rings. The van der Waals surface area contributed by atoms with Crippen molar-refractivity contribution >= 4 is 16.5 Å². The van der Waals surface area contributed by atoms with E-state index in [0.29, 0.717) is 6.61 Å². The van der Waals surface area contributed by atoms with Gasteiger partial charge >= 0.3 is 16.5 Å². The molecule has 0 bridgehead atoms. The maximum atomic E-state index is 8.70. The number of hydrogen-bond donors (Lipinski definition) is 5. The topological polar surface area (TPSA) is 135 Å². The molecule has 0 saturated carbocycles. The molecule has 14 heavy (non-hydrogen) atoms. The molecule has 86 valence electrons. The lowest BCUT2D eigenvalue weighted by molar-refractivity contribution is 0.284. The van der Waals surface area contributed by atoms with Crippen LogP contribution < -0.4 is 0 Å². The first-order chi connectivity index (χ1) is 6.38. The van der Waals surface area contributed by atoms with E-state index in [2.05, 4.69) is 6.92 Å². The van der Waals surface area contributed by atoms with Crippen molar-refractivity contribution in [2.45, 2.75) is 26.2 Å². The second kappa shape index (κ2) is 18.7. The van der Waals surface area contributed by atoms with Crippen molar-refractivity contribution in [1.29, 1.82) is 0 Å². The van der Waals surface area contributed by atoms with E-state index in [9.17, 15) is 0 Å². The van der Waals surface area contributed by atoms with Crippen molar-refractivity contribution < 1.29 is 33.8 Å². The van der Waals surface area contributed by atoms with Crippen LogP contribution in [0.3, 0.4) is 0 Å². The Morgan fingerprint density at radius 1 is 0.929 bits per heavy atom. The van der Waals surface area contributed by atoms with E-state index in [4.69, 9.17) is 33.8 Å². The molecule has 0 radical (unpaired) electrons. The lowest BCUT2D eigenvalue weighted by Gasteiger charge is -1.85. The number of rotatable bonds is 3. The summed E-state index contributed by atoms with van der Waals surface area (Å²) in [6.07, 6.45) is 3.33.